The van der Waals surface area contributed by atoms with Crippen molar-refractivity contribution in [3.63, 3.8) is 0 Å². The fourth-order valence-corrected chi connectivity index (χ4v) is 4.88. The van der Waals surface area contributed by atoms with E-state index in [1.54, 1.807) is 16.4 Å². The first-order valence-corrected chi connectivity index (χ1v) is 8.94. The van der Waals surface area contributed by atoms with E-state index in [4.69, 9.17) is 5.11 Å². The molecule has 0 aromatic carbocycles. The minimum absolute atomic E-state index is 0.00349. The minimum atomic E-state index is -3.43. The summed E-state index contributed by atoms with van der Waals surface area (Å²) in [4.78, 5) is 0.679. The zero-order valence-corrected chi connectivity index (χ0v) is 13.4. The Bertz CT molecular complexity index is 482. The fraction of sp³-hybridized carbons (Fsp3) is 0.692. The molecule has 1 rings (SSSR count). The number of nitrogens with zero attached hydrogens (tertiary/aromatic N) is 1. The van der Waals surface area contributed by atoms with Crippen LogP contribution < -0.4 is 0 Å². The highest BCUT2D eigenvalue weighted by atomic mass is 32.2. The average molecular weight is 305 g/mol. The summed E-state index contributed by atoms with van der Waals surface area (Å²) >= 11 is 1.15. The van der Waals surface area contributed by atoms with E-state index >= 15 is 0 Å². The highest BCUT2D eigenvalue weighted by Gasteiger charge is 2.28. The first-order valence-electron chi connectivity index (χ1n) is 6.68. The Morgan fingerprint density at radius 2 is 2.05 bits per heavy atom. The number of sulfonamides is 1. The zero-order chi connectivity index (χ0) is 14.5. The van der Waals surface area contributed by atoms with Gasteiger partial charge in [0.2, 0.25) is 0 Å². The largest absolute Gasteiger partial charge is 0.391 e. The molecule has 0 bridgehead atoms. The second-order valence-electron chi connectivity index (χ2n) is 4.61. The van der Waals surface area contributed by atoms with Crippen LogP contribution in [0.2, 0.25) is 0 Å². The van der Waals surface area contributed by atoms with Crippen molar-refractivity contribution >= 4 is 21.4 Å². The number of hydrogen-bond donors (Lipinski definition) is 1. The van der Waals surface area contributed by atoms with Crippen LogP contribution in [0.15, 0.2) is 16.3 Å². The van der Waals surface area contributed by atoms with E-state index in [1.165, 1.54) is 0 Å². The summed E-state index contributed by atoms with van der Waals surface area (Å²) in [5.74, 6) is 0. The highest BCUT2D eigenvalue weighted by Crippen LogP contribution is 2.27. The standard InChI is InChI=1S/C13H23NO3S2/c1-4-6-9-14(11(3)5-2)19(16,17)13-8-7-12(10-15)18-13/h7-8,11,15H,4-6,9-10H2,1-3H3. The maximum absolute atomic E-state index is 12.6. The molecular weight excluding hydrogens is 282 g/mol. The lowest BCUT2D eigenvalue weighted by Gasteiger charge is -2.26. The summed E-state index contributed by atoms with van der Waals surface area (Å²) in [6.07, 6.45) is 2.62. The third-order valence-corrected chi connectivity index (χ3v) is 6.72. The summed E-state index contributed by atoms with van der Waals surface area (Å²) in [7, 11) is -3.43. The van der Waals surface area contributed by atoms with E-state index in [0.29, 0.717) is 15.6 Å². The highest BCUT2D eigenvalue weighted by molar-refractivity contribution is 7.91. The molecule has 4 nitrogen and oxygen atoms in total. The molecule has 110 valence electrons. The van der Waals surface area contributed by atoms with Crippen LogP contribution in [0.25, 0.3) is 0 Å². The monoisotopic (exact) mass is 305 g/mol. The smallest absolute Gasteiger partial charge is 0.252 e. The number of thiophene rings is 1. The van der Waals surface area contributed by atoms with Crippen LogP contribution in [0.5, 0.6) is 0 Å². The molecule has 19 heavy (non-hydrogen) atoms. The predicted molar refractivity (Wildman–Crippen MR) is 78.8 cm³/mol. The van der Waals surface area contributed by atoms with Gasteiger partial charge in [-0.15, -0.1) is 11.3 Å². The van der Waals surface area contributed by atoms with Gasteiger partial charge in [-0.2, -0.15) is 4.31 Å². The molecule has 1 aromatic rings. The van der Waals surface area contributed by atoms with Crippen molar-refractivity contribution in [1.82, 2.24) is 4.31 Å². The van der Waals surface area contributed by atoms with Crippen molar-refractivity contribution in [3.05, 3.63) is 17.0 Å². The molecule has 0 amide bonds. The molecule has 1 atom stereocenters. The third kappa shape index (κ3) is 4.02. The normalized spacial score (nSPS) is 13.9. The van der Waals surface area contributed by atoms with E-state index in [9.17, 15) is 8.42 Å². The summed E-state index contributed by atoms with van der Waals surface area (Å²) < 4.78 is 27.2. The molecule has 0 fully saturated rings. The van der Waals surface area contributed by atoms with E-state index in [0.717, 1.165) is 30.6 Å². The number of aliphatic hydroxyl groups is 1. The first-order chi connectivity index (χ1) is 8.97. The van der Waals surface area contributed by atoms with Crippen LogP contribution in [0.4, 0.5) is 0 Å². The Labute approximate surface area is 120 Å². The molecule has 0 spiro atoms. The maximum Gasteiger partial charge on any atom is 0.252 e. The Morgan fingerprint density at radius 3 is 2.53 bits per heavy atom. The Hall–Kier alpha value is -0.430. The second kappa shape index (κ2) is 7.38. The van der Waals surface area contributed by atoms with Crippen LogP contribution >= 0.6 is 11.3 Å². The topological polar surface area (TPSA) is 57.6 Å². The lowest BCUT2D eigenvalue weighted by molar-refractivity contribution is 0.285. The molecule has 0 saturated heterocycles. The quantitative estimate of drug-likeness (QED) is 0.803. The number of aliphatic hydroxyl groups excluding tert-OH is 1. The molecule has 0 saturated carbocycles. The van der Waals surface area contributed by atoms with Gasteiger partial charge in [0.05, 0.1) is 6.61 Å². The van der Waals surface area contributed by atoms with E-state index in [-0.39, 0.29) is 12.6 Å². The van der Waals surface area contributed by atoms with Crippen molar-refractivity contribution in [2.24, 2.45) is 0 Å². The van der Waals surface area contributed by atoms with Gasteiger partial charge in [0.15, 0.2) is 0 Å². The second-order valence-corrected chi connectivity index (χ2v) is 7.89. The summed E-state index contributed by atoms with van der Waals surface area (Å²) in [5.41, 5.74) is 0. The fourth-order valence-electron chi connectivity index (χ4n) is 1.79. The Balaban J connectivity index is 3.04. The molecule has 0 radical (unpaired) electrons. The van der Waals surface area contributed by atoms with E-state index < -0.39 is 10.0 Å². The van der Waals surface area contributed by atoms with Crippen molar-refractivity contribution in [3.8, 4) is 0 Å². The van der Waals surface area contributed by atoms with Gasteiger partial charge >= 0.3 is 0 Å². The van der Waals surface area contributed by atoms with Gasteiger partial charge in [0, 0.05) is 17.5 Å². The zero-order valence-electron chi connectivity index (χ0n) is 11.8. The molecule has 1 heterocycles. The van der Waals surface area contributed by atoms with Crippen molar-refractivity contribution in [2.75, 3.05) is 6.54 Å². The molecule has 0 aliphatic carbocycles. The van der Waals surface area contributed by atoms with E-state index in [2.05, 4.69) is 6.92 Å². The molecule has 0 aliphatic rings. The molecule has 1 N–H and O–H groups in total. The van der Waals surface area contributed by atoms with Gasteiger partial charge in [-0.05, 0) is 31.9 Å². The van der Waals surface area contributed by atoms with Crippen LogP contribution in [0.3, 0.4) is 0 Å². The van der Waals surface area contributed by atoms with Gasteiger partial charge in [-0.1, -0.05) is 20.3 Å². The Kier molecular flexibility index (Phi) is 6.46. The first kappa shape index (κ1) is 16.6. The van der Waals surface area contributed by atoms with Gasteiger partial charge in [0.1, 0.15) is 4.21 Å². The number of rotatable bonds is 8. The van der Waals surface area contributed by atoms with Crippen LogP contribution in [-0.2, 0) is 16.6 Å². The van der Waals surface area contributed by atoms with Gasteiger partial charge in [-0.3, -0.25) is 0 Å². The van der Waals surface area contributed by atoms with Crippen LogP contribution in [0.1, 0.15) is 44.9 Å². The molecule has 0 aliphatic heterocycles. The van der Waals surface area contributed by atoms with Crippen molar-refractivity contribution in [1.29, 1.82) is 0 Å². The van der Waals surface area contributed by atoms with Crippen LogP contribution in [-0.4, -0.2) is 30.4 Å². The lowest BCUT2D eigenvalue weighted by atomic mass is 10.2. The number of unbranched alkanes of at least 4 members (excludes halogenated alkanes) is 1. The molecule has 6 heteroatoms. The van der Waals surface area contributed by atoms with Crippen molar-refractivity contribution in [2.45, 2.75) is 56.9 Å². The average Bonchev–Trinajstić information content (AvgIpc) is 2.88. The predicted octanol–water partition coefficient (Wildman–Crippen LogP) is 2.83. The maximum atomic E-state index is 12.6. The minimum Gasteiger partial charge on any atom is -0.391 e. The summed E-state index contributed by atoms with van der Waals surface area (Å²) in [5, 5.41) is 9.05. The molecule has 1 unspecified atom stereocenters. The van der Waals surface area contributed by atoms with Crippen LogP contribution in [0, 0.1) is 0 Å². The Morgan fingerprint density at radius 1 is 1.37 bits per heavy atom. The summed E-state index contributed by atoms with van der Waals surface area (Å²) in [6, 6.07) is 3.26. The molecule has 1 aromatic heterocycles. The van der Waals surface area contributed by atoms with Gasteiger partial charge < -0.3 is 5.11 Å². The number of hydrogen-bond acceptors (Lipinski definition) is 4. The molecular formula is C13H23NO3S2. The SMILES string of the molecule is CCCCN(C(C)CC)S(=O)(=O)c1ccc(CO)s1. The third-order valence-electron chi connectivity index (χ3n) is 3.17. The summed E-state index contributed by atoms with van der Waals surface area (Å²) in [6.45, 7) is 6.43. The van der Waals surface area contributed by atoms with Gasteiger partial charge in [-0.25, -0.2) is 8.42 Å². The van der Waals surface area contributed by atoms with Gasteiger partial charge in [0.25, 0.3) is 10.0 Å². The van der Waals surface area contributed by atoms with E-state index in [1.807, 2.05) is 13.8 Å². The lowest BCUT2D eigenvalue weighted by Crippen LogP contribution is -2.38. The van der Waals surface area contributed by atoms with Crippen molar-refractivity contribution < 1.29 is 13.5 Å².